The van der Waals surface area contributed by atoms with Gasteiger partial charge in [0.1, 0.15) is 5.56 Å². The first-order chi connectivity index (χ1) is 10.3. The van der Waals surface area contributed by atoms with Gasteiger partial charge in [-0.25, -0.2) is 14.3 Å². The number of nitrogens with one attached hydrogen (secondary N) is 1. The van der Waals surface area contributed by atoms with E-state index < -0.39 is 5.97 Å². The van der Waals surface area contributed by atoms with Crippen LogP contribution in [0.1, 0.15) is 43.2 Å². The number of hydrogen-bond acceptors (Lipinski definition) is 5. The van der Waals surface area contributed by atoms with Crippen LogP contribution < -0.4 is 5.32 Å². The van der Waals surface area contributed by atoms with E-state index in [1.54, 1.807) is 25.4 Å². The molecule has 0 aliphatic rings. The summed E-state index contributed by atoms with van der Waals surface area (Å²) in [6.07, 6.45) is 4.05. The molecule has 0 aliphatic heterocycles. The van der Waals surface area contributed by atoms with Gasteiger partial charge in [-0.05, 0) is 33.3 Å². The monoisotopic (exact) mass is 304 g/mol. The second-order valence-electron chi connectivity index (χ2n) is 5.71. The molecule has 0 radical (unpaired) electrons. The second-order valence-corrected chi connectivity index (χ2v) is 5.71. The largest absolute Gasteiger partial charge is 0.452 e. The summed E-state index contributed by atoms with van der Waals surface area (Å²) in [5.74, 6) is -0.932. The van der Waals surface area contributed by atoms with Gasteiger partial charge in [0.2, 0.25) is 0 Å². The van der Waals surface area contributed by atoms with Gasteiger partial charge in [0, 0.05) is 17.9 Å². The number of nitrogens with zero attached hydrogens (tertiary/aromatic N) is 3. The van der Waals surface area contributed by atoms with Gasteiger partial charge in [0.15, 0.2) is 12.3 Å². The topological polar surface area (TPSA) is 85.6 Å². The molecule has 0 bridgehead atoms. The zero-order chi connectivity index (χ0) is 16.3. The quantitative estimate of drug-likeness (QED) is 0.846. The summed E-state index contributed by atoms with van der Waals surface area (Å²) in [6.45, 7) is 7.16. The molecule has 0 saturated carbocycles. The Bertz CT molecular complexity index is 706. The molecule has 2 aromatic rings. The Labute approximate surface area is 128 Å². The van der Waals surface area contributed by atoms with E-state index in [-0.39, 0.29) is 23.6 Å². The molecule has 7 heteroatoms. The molecule has 0 spiro atoms. The number of carbonyl (C=O) groups excluding carboxylic acids is 2. The zero-order valence-corrected chi connectivity index (χ0v) is 13.2. The molecular weight excluding hydrogens is 284 g/mol. The summed E-state index contributed by atoms with van der Waals surface area (Å²) >= 11 is 0. The van der Waals surface area contributed by atoms with Crippen molar-refractivity contribution in [3.05, 3.63) is 29.7 Å². The van der Waals surface area contributed by atoms with Gasteiger partial charge in [-0.15, -0.1) is 0 Å². The third-order valence-corrected chi connectivity index (χ3v) is 3.47. The predicted molar refractivity (Wildman–Crippen MR) is 80.5 cm³/mol. The molecule has 22 heavy (non-hydrogen) atoms. The van der Waals surface area contributed by atoms with Crippen LogP contribution >= 0.6 is 0 Å². The minimum atomic E-state index is -0.601. The van der Waals surface area contributed by atoms with Gasteiger partial charge in [0.25, 0.3) is 5.91 Å². The number of aryl methyl sites for hydroxylation is 1. The number of rotatable bonds is 5. The van der Waals surface area contributed by atoms with Crippen LogP contribution in [0.15, 0.2) is 18.5 Å². The smallest absolute Gasteiger partial charge is 0.344 e. The van der Waals surface area contributed by atoms with E-state index in [9.17, 15) is 9.59 Å². The minimum absolute atomic E-state index is 0.281. The molecule has 118 valence electrons. The first kappa shape index (κ1) is 15.9. The van der Waals surface area contributed by atoms with Gasteiger partial charge in [0.05, 0.1) is 5.69 Å². The minimum Gasteiger partial charge on any atom is -0.452 e. The van der Waals surface area contributed by atoms with Crippen LogP contribution in [0.2, 0.25) is 0 Å². The van der Waals surface area contributed by atoms with E-state index in [1.165, 1.54) is 4.52 Å². The van der Waals surface area contributed by atoms with Gasteiger partial charge in [-0.1, -0.05) is 6.92 Å². The molecular formula is C15H20N4O3. The zero-order valence-electron chi connectivity index (χ0n) is 13.2. The van der Waals surface area contributed by atoms with Crippen LogP contribution in [-0.4, -0.2) is 38.6 Å². The molecule has 1 N–H and O–H groups in total. The normalized spacial score (nSPS) is 11.5. The molecule has 2 heterocycles. The van der Waals surface area contributed by atoms with Crippen LogP contribution in [-0.2, 0) is 9.53 Å². The van der Waals surface area contributed by atoms with E-state index in [0.717, 1.165) is 6.42 Å². The molecule has 0 fully saturated rings. The van der Waals surface area contributed by atoms with E-state index in [4.69, 9.17) is 4.74 Å². The third-order valence-electron chi connectivity index (χ3n) is 3.47. The summed E-state index contributed by atoms with van der Waals surface area (Å²) in [5.41, 5.74) is 0.881. The van der Waals surface area contributed by atoms with Crippen molar-refractivity contribution >= 4 is 17.5 Å². The van der Waals surface area contributed by atoms with Crippen molar-refractivity contribution in [3.8, 4) is 0 Å². The van der Waals surface area contributed by atoms with Crippen LogP contribution in [0.3, 0.4) is 0 Å². The number of ether oxygens (including phenoxy) is 1. The van der Waals surface area contributed by atoms with Crippen molar-refractivity contribution in [2.45, 2.75) is 39.7 Å². The number of carbonyl (C=O) groups is 2. The third kappa shape index (κ3) is 3.41. The Balaban J connectivity index is 2.06. The van der Waals surface area contributed by atoms with Gasteiger partial charge >= 0.3 is 5.97 Å². The Morgan fingerprint density at radius 2 is 2.14 bits per heavy atom. The highest BCUT2D eigenvalue weighted by Crippen LogP contribution is 2.14. The average Bonchev–Trinajstić information content (AvgIpc) is 2.80. The molecule has 0 atom stereocenters. The highest BCUT2D eigenvalue weighted by molar-refractivity contribution is 5.98. The number of amides is 1. The van der Waals surface area contributed by atoms with E-state index in [0.29, 0.717) is 11.3 Å². The van der Waals surface area contributed by atoms with Crippen LogP contribution in [0.25, 0.3) is 5.65 Å². The number of aromatic nitrogens is 3. The van der Waals surface area contributed by atoms with Crippen LogP contribution in [0.4, 0.5) is 0 Å². The lowest BCUT2D eigenvalue weighted by Crippen LogP contribution is -2.44. The van der Waals surface area contributed by atoms with Crippen molar-refractivity contribution in [3.63, 3.8) is 0 Å². The first-order valence-electron chi connectivity index (χ1n) is 7.12. The highest BCUT2D eigenvalue weighted by atomic mass is 16.5. The highest BCUT2D eigenvalue weighted by Gasteiger charge is 2.22. The number of fused-ring (bicyclic) bond motifs is 1. The lowest BCUT2D eigenvalue weighted by molar-refractivity contribution is -0.125. The van der Waals surface area contributed by atoms with Crippen molar-refractivity contribution < 1.29 is 14.3 Å². The lowest BCUT2D eigenvalue weighted by Gasteiger charge is -2.24. The molecule has 2 rings (SSSR count). The average molecular weight is 304 g/mol. The summed E-state index contributed by atoms with van der Waals surface area (Å²) in [6, 6.07) is 1.72. The summed E-state index contributed by atoms with van der Waals surface area (Å²) in [7, 11) is 0. The van der Waals surface area contributed by atoms with Crippen LogP contribution in [0, 0.1) is 6.92 Å². The van der Waals surface area contributed by atoms with Crippen molar-refractivity contribution in [2.24, 2.45) is 0 Å². The van der Waals surface area contributed by atoms with Gasteiger partial charge in [-0.3, -0.25) is 4.79 Å². The van der Waals surface area contributed by atoms with Gasteiger partial charge < -0.3 is 10.1 Å². The lowest BCUT2D eigenvalue weighted by atomic mass is 10.0. The maximum absolute atomic E-state index is 12.2. The van der Waals surface area contributed by atoms with Crippen LogP contribution in [0.5, 0.6) is 0 Å². The standard InChI is InChI=1S/C15H20N4O3/c1-5-15(3,4)17-11(20)9-22-14(21)12-10(2)18-19-8-6-7-16-13(12)19/h6-8H,5,9H2,1-4H3,(H,17,20). The predicted octanol–water partition coefficient (Wildman–Crippen LogP) is 1.50. The Morgan fingerprint density at radius 3 is 2.82 bits per heavy atom. The number of hydrogen-bond donors (Lipinski definition) is 1. The van der Waals surface area contributed by atoms with E-state index in [1.807, 2.05) is 20.8 Å². The Hall–Kier alpha value is -2.44. The number of esters is 1. The maximum atomic E-state index is 12.2. The van der Waals surface area contributed by atoms with Crippen molar-refractivity contribution in [1.29, 1.82) is 0 Å². The SMILES string of the molecule is CCC(C)(C)NC(=O)COC(=O)c1c(C)nn2cccnc12. The maximum Gasteiger partial charge on any atom is 0.344 e. The fraction of sp³-hybridized carbons (Fsp3) is 0.467. The molecule has 7 nitrogen and oxygen atoms in total. The summed E-state index contributed by atoms with van der Waals surface area (Å²) in [5, 5.41) is 6.99. The molecule has 0 saturated heterocycles. The first-order valence-corrected chi connectivity index (χ1v) is 7.12. The molecule has 0 aromatic carbocycles. The van der Waals surface area contributed by atoms with E-state index in [2.05, 4.69) is 15.4 Å². The molecule has 1 amide bonds. The fourth-order valence-electron chi connectivity index (χ4n) is 1.94. The second kappa shape index (κ2) is 6.13. The Kier molecular flexibility index (Phi) is 4.44. The van der Waals surface area contributed by atoms with Crippen molar-refractivity contribution in [1.82, 2.24) is 19.9 Å². The summed E-state index contributed by atoms with van der Waals surface area (Å²) in [4.78, 5) is 28.1. The molecule has 0 unspecified atom stereocenters. The molecule has 2 aromatic heterocycles. The van der Waals surface area contributed by atoms with Crippen molar-refractivity contribution in [2.75, 3.05) is 6.61 Å². The Morgan fingerprint density at radius 1 is 1.41 bits per heavy atom. The van der Waals surface area contributed by atoms with Gasteiger partial charge in [-0.2, -0.15) is 5.10 Å². The fourth-order valence-corrected chi connectivity index (χ4v) is 1.94. The van der Waals surface area contributed by atoms with E-state index >= 15 is 0 Å². The molecule has 0 aliphatic carbocycles. The summed E-state index contributed by atoms with van der Waals surface area (Å²) < 4.78 is 6.59.